The van der Waals surface area contributed by atoms with Gasteiger partial charge in [0, 0.05) is 6.42 Å². The second kappa shape index (κ2) is 6.00. The SMILES string of the molecule is C=CCC1CCC(C(C)CC=O)CC1. The maximum Gasteiger partial charge on any atom is 0.120 e. The molecule has 80 valence electrons. The lowest BCUT2D eigenvalue weighted by atomic mass is 9.75. The Labute approximate surface area is 87.6 Å². The second-order valence-corrected chi connectivity index (χ2v) is 4.68. The second-order valence-electron chi connectivity index (χ2n) is 4.68. The lowest BCUT2D eigenvalue weighted by Gasteiger charge is -2.31. The van der Waals surface area contributed by atoms with E-state index >= 15 is 0 Å². The van der Waals surface area contributed by atoms with Crippen molar-refractivity contribution >= 4 is 6.29 Å². The molecule has 1 heteroatoms. The first-order valence-electron chi connectivity index (χ1n) is 5.82. The summed E-state index contributed by atoms with van der Waals surface area (Å²) in [7, 11) is 0. The minimum absolute atomic E-state index is 0.595. The number of carbonyl (C=O) groups excluding carboxylic acids is 1. The van der Waals surface area contributed by atoms with E-state index < -0.39 is 0 Å². The normalized spacial score (nSPS) is 29.5. The van der Waals surface area contributed by atoms with E-state index in [1.165, 1.54) is 32.1 Å². The van der Waals surface area contributed by atoms with Crippen LogP contribution >= 0.6 is 0 Å². The van der Waals surface area contributed by atoms with Gasteiger partial charge in [0.05, 0.1) is 0 Å². The van der Waals surface area contributed by atoms with Gasteiger partial charge in [-0.05, 0) is 49.9 Å². The maximum absolute atomic E-state index is 10.4. The summed E-state index contributed by atoms with van der Waals surface area (Å²) < 4.78 is 0. The molecule has 1 unspecified atom stereocenters. The van der Waals surface area contributed by atoms with E-state index in [1.54, 1.807) is 0 Å². The smallest absolute Gasteiger partial charge is 0.120 e. The molecule has 1 fully saturated rings. The Morgan fingerprint density at radius 2 is 2.00 bits per heavy atom. The van der Waals surface area contributed by atoms with E-state index in [9.17, 15) is 4.79 Å². The highest BCUT2D eigenvalue weighted by Crippen LogP contribution is 2.35. The average molecular weight is 194 g/mol. The molecule has 0 N–H and O–H groups in total. The van der Waals surface area contributed by atoms with Crippen LogP contribution in [-0.2, 0) is 4.79 Å². The number of carbonyl (C=O) groups is 1. The number of aldehydes is 1. The van der Waals surface area contributed by atoms with Gasteiger partial charge < -0.3 is 4.79 Å². The van der Waals surface area contributed by atoms with E-state index in [0.29, 0.717) is 5.92 Å². The maximum atomic E-state index is 10.4. The zero-order valence-corrected chi connectivity index (χ0v) is 9.24. The van der Waals surface area contributed by atoms with Crippen molar-refractivity contribution in [3.63, 3.8) is 0 Å². The Hall–Kier alpha value is -0.590. The molecule has 0 aromatic rings. The molecule has 0 saturated heterocycles. The van der Waals surface area contributed by atoms with Crippen LogP contribution in [0, 0.1) is 17.8 Å². The van der Waals surface area contributed by atoms with Crippen LogP contribution in [0.5, 0.6) is 0 Å². The summed E-state index contributed by atoms with van der Waals surface area (Å²) in [6, 6.07) is 0. The van der Waals surface area contributed by atoms with E-state index in [0.717, 1.165) is 24.5 Å². The first-order chi connectivity index (χ1) is 6.77. The molecule has 1 atom stereocenters. The monoisotopic (exact) mass is 194 g/mol. The van der Waals surface area contributed by atoms with Crippen LogP contribution in [0.25, 0.3) is 0 Å². The van der Waals surface area contributed by atoms with Crippen molar-refractivity contribution in [2.75, 3.05) is 0 Å². The minimum Gasteiger partial charge on any atom is -0.303 e. The van der Waals surface area contributed by atoms with Gasteiger partial charge in [-0.2, -0.15) is 0 Å². The van der Waals surface area contributed by atoms with Gasteiger partial charge in [-0.3, -0.25) is 0 Å². The Morgan fingerprint density at radius 3 is 2.50 bits per heavy atom. The molecule has 14 heavy (non-hydrogen) atoms. The van der Waals surface area contributed by atoms with Gasteiger partial charge in [0.15, 0.2) is 0 Å². The fourth-order valence-corrected chi connectivity index (χ4v) is 2.57. The standard InChI is InChI=1S/C13H22O/c1-3-4-12-5-7-13(8-6-12)11(2)9-10-14/h3,10-13H,1,4-9H2,2H3. The molecule has 0 bridgehead atoms. The Balaban J connectivity index is 2.27. The van der Waals surface area contributed by atoms with Crippen molar-refractivity contribution in [2.24, 2.45) is 17.8 Å². The molecular formula is C13H22O. The van der Waals surface area contributed by atoms with Crippen LogP contribution in [0.15, 0.2) is 12.7 Å². The van der Waals surface area contributed by atoms with Crippen molar-refractivity contribution in [3.8, 4) is 0 Å². The van der Waals surface area contributed by atoms with E-state index in [1.807, 2.05) is 6.08 Å². The summed E-state index contributed by atoms with van der Waals surface area (Å²) in [6.45, 7) is 6.01. The van der Waals surface area contributed by atoms with Crippen LogP contribution in [-0.4, -0.2) is 6.29 Å². The highest BCUT2D eigenvalue weighted by atomic mass is 16.1. The van der Waals surface area contributed by atoms with Crippen molar-refractivity contribution in [3.05, 3.63) is 12.7 Å². The summed E-state index contributed by atoms with van der Waals surface area (Å²) in [5.74, 6) is 2.26. The van der Waals surface area contributed by atoms with Gasteiger partial charge in [-0.25, -0.2) is 0 Å². The van der Waals surface area contributed by atoms with Crippen molar-refractivity contribution in [2.45, 2.75) is 45.4 Å². The fraction of sp³-hybridized carbons (Fsp3) is 0.769. The van der Waals surface area contributed by atoms with Crippen molar-refractivity contribution < 1.29 is 4.79 Å². The Kier molecular flexibility index (Phi) is 4.92. The minimum atomic E-state index is 0.595. The summed E-state index contributed by atoms with van der Waals surface area (Å²) in [5, 5.41) is 0. The number of allylic oxidation sites excluding steroid dienone is 1. The molecule has 0 radical (unpaired) electrons. The molecular weight excluding hydrogens is 172 g/mol. The van der Waals surface area contributed by atoms with Crippen LogP contribution < -0.4 is 0 Å². The van der Waals surface area contributed by atoms with Gasteiger partial charge in [-0.1, -0.05) is 13.0 Å². The van der Waals surface area contributed by atoms with E-state index in [4.69, 9.17) is 0 Å². The third-order valence-electron chi connectivity index (χ3n) is 3.66. The van der Waals surface area contributed by atoms with Crippen molar-refractivity contribution in [1.29, 1.82) is 0 Å². The largest absolute Gasteiger partial charge is 0.303 e. The first-order valence-corrected chi connectivity index (χ1v) is 5.82. The highest BCUT2D eigenvalue weighted by molar-refractivity contribution is 5.49. The van der Waals surface area contributed by atoms with Gasteiger partial charge in [0.2, 0.25) is 0 Å². The third-order valence-corrected chi connectivity index (χ3v) is 3.66. The van der Waals surface area contributed by atoms with Gasteiger partial charge in [0.1, 0.15) is 6.29 Å². The van der Waals surface area contributed by atoms with Crippen molar-refractivity contribution in [1.82, 2.24) is 0 Å². The summed E-state index contributed by atoms with van der Waals surface area (Å²) in [6.07, 6.45) is 10.3. The molecule has 0 aromatic heterocycles. The predicted octanol–water partition coefficient (Wildman–Crippen LogP) is 3.59. The summed E-state index contributed by atoms with van der Waals surface area (Å²) >= 11 is 0. The van der Waals surface area contributed by atoms with Crippen LogP contribution in [0.1, 0.15) is 45.4 Å². The molecule has 0 spiro atoms. The number of hydrogen-bond donors (Lipinski definition) is 0. The van der Waals surface area contributed by atoms with Crippen LogP contribution in [0.4, 0.5) is 0 Å². The molecule has 0 amide bonds. The summed E-state index contributed by atoms with van der Waals surface area (Å²) in [5.41, 5.74) is 0. The summed E-state index contributed by atoms with van der Waals surface area (Å²) in [4.78, 5) is 10.4. The zero-order valence-electron chi connectivity index (χ0n) is 9.24. The Morgan fingerprint density at radius 1 is 1.36 bits per heavy atom. The first kappa shape index (κ1) is 11.5. The predicted molar refractivity (Wildman–Crippen MR) is 60.1 cm³/mol. The lowest BCUT2D eigenvalue weighted by molar-refractivity contribution is -0.108. The molecule has 0 aromatic carbocycles. The Bertz CT molecular complexity index is 178. The number of hydrogen-bond acceptors (Lipinski definition) is 1. The third kappa shape index (κ3) is 3.28. The highest BCUT2D eigenvalue weighted by Gasteiger charge is 2.24. The van der Waals surface area contributed by atoms with Crippen LogP contribution in [0.2, 0.25) is 0 Å². The fourth-order valence-electron chi connectivity index (χ4n) is 2.57. The number of rotatable bonds is 5. The molecule has 1 aliphatic carbocycles. The van der Waals surface area contributed by atoms with Gasteiger partial charge in [0.25, 0.3) is 0 Å². The quantitative estimate of drug-likeness (QED) is 0.483. The topological polar surface area (TPSA) is 17.1 Å². The molecule has 0 heterocycles. The van der Waals surface area contributed by atoms with Crippen LogP contribution in [0.3, 0.4) is 0 Å². The van der Waals surface area contributed by atoms with E-state index in [-0.39, 0.29) is 0 Å². The van der Waals surface area contributed by atoms with E-state index in [2.05, 4.69) is 13.5 Å². The lowest BCUT2D eigenvalue weighted by Crippen LogP contribution is -2.20. The molecule has 1 aliphatic rings. The van der Waals surface area contributed by atoms with Gasteiger partial charge >= 0.3 is 0 Å². The molecule has 1 nitrogen and oxygen atoms in total. The molecule has 1 rings (SSSR count). The molecule has 0 aliphatic heterocycles. The molecule has 1 saturated carbocycles. The zero-order chi connectivity index (χ0) is 10.4. The average Bonchev–Trinajstić information content (AvgIpc) is 2.20. The van der Waals surface area contributed by atoms with Gasteiger partial charge in [-0.15, -0.1) is 6.58 Å².